The van der Waals surface area contributed by atoms with Crippen molar-refractivity contribution in [2.75, 3.05) is 17.6 Å². The van der Waals surface area contributed by atoms with E-state index < -0.39 is 9.84 Å². The van der Waals surface area contributed by atoms with Crippen LogP contribution in [0.5, 0.6) is 0 Å². The molecule has 1 aliphatic carbocycles. The summed E-state index contributed by atoms with van der Waals surface area (Å²) in [6.45, 7) is 4.84. The molecule has 4 heteroatoms. The van der Waals surface area contributed by atoms with Crippen LogP contribution >= 0.6 is 0 Å². The van der Waals surface area contributed by atoms with Gasteiger partial charge in [-0.15, -0.1) is 0 Å². The lowest BCUT2D eigenvalue weighted by Crippen LogP contribution is -2.18. The van der Waals surface area contributed by atoms with E-state index in [1.807, 2.05) is 12.1 Å². The molecule has 1 aliphatic rings. The quantitative estimate of drug-likeness (QED) is 0.900. The number of rotatable bonds is 5. The molecule has 0 aliphatic heterocycles. The van der Waals surface area contributed by atoms with E-state index in [0.717, 1.165) is 18.2 Å². The molecule has 1 aromatic rings. The first kappa shape index (κ1) is 14.4. The topological polar surface area (TPSA) is 46.2 Å². The predicted octanol–water partition coefficient (Wildman–Crippen LogP) is 3.33. The Hall–Kier alpha value is -1.03. The van der Waals surface area contributed by atoms with Crippen molar-refractivity contribution in [1.82, 2.24) is 0 Å². The third-order valence-corrected chi connectivity index (χ3v) is 5.98. The first-order chi connectivity index (χ1) is 9.04. The summed E-state index contributed by atoms with van der Waals surface area (Å²) in [6.07, 6.45) is 3.83. The van der Waals surface area contributed by atoms with Gasteiger partial charge in [0.1, 0.15) is 0 Å². The maximum Gasteiger partial charge on any atom is 0.180 e. The van der Waals surface area contributed by atoms with Gasteiger partial charge >= 0.3 is 0 Å². The Morgan fingerprint density at radius 2 is 2.00 bits per heavy atom. The number of benzene rings is 1. The lowest BCUT2D eigenvalue weighted by atomic mass is 9.98. The van der Waals surface area contributed by atoms with Crippen molar-refractivity contribution in [3.8, 4) is 0 Å². The third kappa shape index (κ3) is 3.30. The molecule has 1 N–H and O–H groups in total. The van der Waals surface area contributed by atoms with E-state index in [-0.39, 0.29) is 5.75 Å². The van der Waals surface area contributed by atoms with Crippen LogP contribution < -0.4 is 5.32 Å². The molecule has 0 saturated heterocycles. The molecule has 0 aromatic heterocycles. The van der Waals surface area contributed by atoms with Crippen LogP contribution in [0.3, 0.4) is 0 Å². The first-order valence-corrected chi connectivity index (χ1v) is 8.75. The first-order valence-electron chi connectivity index (χ1n) is 7.10. The molecule has 0 heterocycles. The Morgan fingerprint density at radius 1 is 1.26 bits per heavy atom. The molecule has 2 atom stereocenters. The molecule has 106 valence electrons. The van der Waals surface area contributed by atoms with Crippen molar-refractivity contribution >= 4 is 15.5 Å². The standard InChI is InChI=1S/C15H23NO2S/c1-3-19(17,18)15-10-5-4-9-14(15)16-11-13-8-6-7-12(13)2/h4-5,9-10,12-13,16H,3,6-8,11H2,1-2H3. The van der Waals surface area contributed by atoms with Gasteiger partial charge < -0.3 is 5.32 Å². The summed E-state index contributed by atoms with van der Waals surface area (Å²) in [5, 5.41) is 3.35. The fourth-order valence-corrected chi connectivity index (χ4v) is 3.88. The molecule has 19 heavy (non-hydrogen) atoms. The average molecular weight is 281 g/mol. The van der Waals surface area contributed by atoms with Crippen molar-refractivity contribution < 1.29 is 8.42 Å². The van der Waals surface area contributed by atoms with Crippen molar-refractivity contribution in [3.05, 3.63) is 24.3 Å². The molecule has 0 spiro atoms. The highest BCUT2D eigenvalue weighted by molar-refractivity contribution is 7.91. The van der Waals surface area contributed by atoms with Gasteiger partial charge in [-0.05, 0) is 30.4 Å². The lowest BCUT2D eigenvalue weighted by molar-refractivity contribution is 0.439. The van der Waals surface area contributed by atoms with E-state index in [4.69, 9.17) is 0 Å². The van der Waals surface area contributed by atoms with E-state index in [2.05, 4.69) is 12.2 Å². The van der Waals surface area contributed by atoms with Gasteiger partial charge in [0, 0.05) is 6.54 Å². The van der Waals surface area contributed by atoms with Crippen molar-refractivity contribution in [2.45, 2.75) is 38.0 Å². The SMILES string of the molecule is CCS(=O)(=O)c1ccccc1NCC1CCCC1C. The zero-order valence-corrected chi connectivity index (χ0v) is 12.5. The third-order valence-electron chi connectivity index (χ3n) is 4.20. The summed E-state index contributed by atoms with van der Waals surface area (Å²) < 4.78 is 24.1. The average Bonchev–Trinajstić information content (AvgIpc) is 2.82. The van der Waals surface area contributed by atoms with E-state index >= 15 is 0 Å². The van der Waals surface area contributed by atoms with Crippen molar-refractivity contribution in [2.24, 2.45) is 11.8 Å². The molecule has 0 radical (unpaired) electrons. The smallest absolute Gasteiger partial charge is 0.180 e. The van der Waals surface area contributed by atoms with Crippen LogP contribution in [0.2, 0.25) is 0 Å². The summed E-state index contributed by atoms with van der Waals surface area (Å²) >= 11 is 0. The molecule has 2 rings (SSSR count). The largest absolute Gasteiger partial charge is 0.384 e. The van der Waals surface area contributed by atoms with Gasteiger partial charge in [0.05, 0.1) is 16.3 Å². The normalized spacial score (nSPS) is 23.5. The molecule has 1 fully saturated rings. The number of anilines is 1. The Kier molecular flexibility index (Phi) is 4.50. The summed E-state index contributed by atoms with van der Waals surface area (Å²) in [5.74, 6) is 1.55. The van der Waals surface area contributed by atoms with Crippen LogP contribution in [-0.2, 0) is 9.84 Å². The summed E-state index contributed by atoms with van der Waals surface area (Å²) in [6, 6.07) is 7.22. The van der Waals surface area contributed by atoms with Gasteiger partial charge in [0.25, 0.3) is 0 Å². The van der Waals surface area contributed by atoms with Gasteiger partial charge in [-0.3, -0.25) is 0 Å². The number of hydrogen-bond donors (Lipinski definition) is 1. The van der Waals surface area contributed by atoms with Gasteiger partial charge in [0.15, 0.2) is 9.84 Å². The Balaban J connectivity index is 2.12. The zero-order chi connectivity index (χ0) is 13.9. The molecule has 3 nitrogen and oxygen atoms in total. The minimum Gasteiger partial charge on any atom is -0.384 e. The lowest BCUT2D eigenvalue weighted by Gasteiger charge is -2.18. The summed E-state index contributed by atoms with van der Waals surface area (Å²) in [4.78, 5) is 0.433. The highest BCUT2D eigenvalue weighted by Crippen LogP contribution is 2.32. The predicted molar refractivity (Wildman–Crippen MR) is 79.2 cm³/mol. The number of sulfone groups is 1. The Morgan fingerprint density at radius 3 is 2.63 bits per heavy atom. The van der Waals surface area contributed by atoms with Gasteiger partial charge in [-0.25, -0.2) is 8.42 Å². The number of nitrogens with one attached hydrogen (secondary N) is 1. The second-order valence-corrected chi connectivity index (χ2v) is 7.70. The van der Waals surface area contributed by atoms with E-state index in [9.17, 15) is 8.42 Å². The number of hydrogen-bond acceptors (Lipinski definition) is 3. The Labute approximate surface area is 116 Å². The molecule has 1 aromatic carbocycles. The van der Waals surface area contributed by atoms with Crippen LogP contribution in [-0.4, -0.2) is 20.7 Å². The van der Waals surface area contributed by atoms with E-state index in [1.165, 1.54) is 19.3 Å². The highest BCUT2D eigenvalue weighted by Gasteiger charge is 2.23. The van der Waals surface area contributed by atoms with Gasteiger partial charge in [-0.1, -0.05) is 38.8 Å². The molecule has 1 saturated carbocycles. The second kappa shape index (κ2) is 5.95. The minimum absolute atomic E-state index is 0.144. The van der Waals surface area contributed by atoms with Crippen molar-refractivity contribution in [3.63, 3.8) is 0 Å². The van der Waals surface area contributed by atoms with E-state index in [0.29, 0.717) is 10.8 Å². The monoisotopic (exact) mass is 281 g/mol. The van der Waals surface area contributed by atoms with Gasteiger partial charge in [-0.2, -0.15) is 0 Å². The zero-order valence-electron chi connectivity index (χ0n) is 11.7. The minimum atomic E-state index is -3.15. The fraction of sp³-hybridized carbons (Fsp3) is 0.600. The van der Waals surface area contributed by atoms with Crippen LogP contribution in [0, 0.1) is 11.8 Å². The summed E-state index contributed by atoms with van der Waals surface area (Å²) in [5.41, 5.74) is 0.753. The van der Waals surface area contributed by atoms with Crippen LogP contribution in [0.25, 0.3) is 0 Å². The maximum absolute atomic E-state index is 12.0. The number of para-hydroxylation sites is 1. The van der Waals surface area contributed by atoms with Crippen LogP contribution in [0.15, 0.2) is 29.2 Å². The van der Waals surface area contributed by atoms with E-state index in [1.54, 1.807) is 19.1 Å². The maximum atomic E-state index is 12.0. The van der Waals surface area contributed by atoms with Crippen molar-refractivity contribution in [1.29, 1.82) is 0 Å². The molecular formula is C15H23NO2S. The molecule has 0 amide bonds. The molecule has 0 bridgehead atoms. The fourth-order valence-electron chi connectivity index (χ4n) is 2.81. The van der Waals surface area contributed by atoms with Crippen LogP contribution in [0.1, 0.15) is 33.1 Å². The highest BCUT2D eigenvalue weighted by atomic mass is 32.2. The Bertz CT molecular complexity index is 525. The molecular weight excluding hydrogens is 258 g/mol. The summed E-state index contributed by atoms with van der Waals surface area (Å²) in [7, 11) is -3.15. The second-order valence-electron chi connectivity index (χ2n) is 5.45. The molecule has 2 unspecified atom stereocenters. The van der Waals surface area contributed by atoms with Gasteiger partial charge in [0.2, 0.25) is 0 Å². The van der Waals surface area contributed by atoms with Crippen LogP contribution in [0.4, 0.5) is 5.69 Å².